The van der Waals surface area contributed by atoms with E-state index in [4.69, 9.17) is 0 Å². The zero-order valence-electron chi connectivity index (χ0n) is 14.8. The van der Waals surface area contributed by atoms with Gasteiger partial charge in [-0.1, -0.05) is 19.3 Å². The van der Waals surface area contributed by atoms with Crippen LogP contribution in [0.1, 0.15) is 42.5 Å². The maximum absolute atomic E-state index is 12.7. The van der Waals surface area contributed by atoms with Crippen molar-refractivity contribution in [3.63, 3.8) is 0 Å². The minimum Gasteiger partial charge on any atom is -0.351 e. The summed E-state index contributed by atoms with van der Waals surface area (Å²) in [6, 6.07) is 6.24. The molecule has 0 spiro atoms. The molecule has 0 aromatic heterocycles. The SMILES string of the molecule is CNCCNC(=O)c1ccc(S(=O)(=O)N(C)C2CCCCC2)cc1.Cl. The van der Waals surface area contributed by atoms with Gasteiger partial charge in [0.2, 0.25) is 10.0 Å². The summed E-state index contributed by atoms with van der Waals surface area (Å²) >= 11 is 0. The van der Waals surface area contributed by atoms with Gasteiger partial charge in [0.15, 0.2) is 0 Å². The Hall–Kier alpha value is -1.15. The first-order chi connectivity index (χ1) is 11.5. The van der Waals surface area contributed by atoms with Gasteiger partial charge in [0, 0.05) is 31.7 Å². The predicted molar refractivity (Wildman–Crippen MR) is 102 cm³/mol. The molecule has 1 aliphatic carbocycles. The van der Waals surface area contributed by atoms with Crippen LogP contribution in [0.5, 0.6) is 0 Å². The number of nitrogens with one attached hydrogen (secondary N) is 2. The van der Waals surface area contributed by atoms with Crippen LogP contribution in [0.25, 0.3) is 0 Å². The van der Waals surface area contributed by atoms with Gasteiger partial charge in [0.25, 0.3) is 5.91 Å². The summed E-state index contributed by atoms with van der Waals surface area (Å²) in [6.07, 6.45) is 5.18. The number of carbonyl (C=O) groups is 1. The van der Waals surface area contributed by atoms with Crippen molar-refractivity contribution in [1.29, 1.82) is 0 Å². The van der Waals surface area contributed by atoms with E-state index < -0.39 is 10.0 Å². The molecule has 0 unspecified atom stereocenters. The van der Waals surface area contributed by atoms with E-state index in [-0.39, 0.29) is 29.3 Å². The van der Waals surface area contributed by atoms with Crippen LogP contribution in [-0.4, -0.2) is 51.9 Å². The van der Waals surface area contributed by atoms with E-state index in [1.165, 1.54) is 22.9 Å². The summed E-state index contributed by atoms with van der Waals surface area (Å²) in [5.41, 5.74) is 0.463. The Morgan fingerprint density at radius 1 is 1.12 bits per heavy atom. The fourth-order valence-electron chi connectivity index (χ4n) is 2.99. The standard InChI is InChI=1S/C17H27N3O3S.ClH/c1-18-12-13-19-17(21)14-8-10-16(11-9-14)24(22,23)20(2)15-6-4-3-5-7-15;/h8-11,15,18H,3-7,12-13H2,1-2H3,(H,19,21);1H. The van der Waals surface area contributed by atoms with E-state index in [2.05, 4.69) is 10.6 Å². The third-order valence-electron chi connectivity index (χ3n) is 4.54. The minimum atomic E-state index is -3.51. The normalized spacial score (nSPS) is 15.6. The monoisotopic (exact) mass is 389 g/mol. The third-order valence-corrected chi connectivity index (χ3v) is 6.47. The Bertz CT molecular complexity index is 644. The number of benzene rings is 1. The largest absolute Gasteiger partial charge is 0.351 e. The highest BCUT2D eigenvalue weighted by atomic mass is 35.5. The van der Waals surface area contributed by atoms with E-state index in [1.807, 2.05) is 7.05 Å². The van der Waals surface area contributed by atoms with E-state index >= 15 is 0 Å². The number of hydrogen-bond donors (Lipinski definition) is 2. The third kappa shape index (κ3) is 5.67. The fraction of sp³-hybridized carbons (Fsp3) is 0.588. The van der Waals surface area contributed by atoms with Crippen LogP contribution in [0, 0.1) is 0 Å². The molecule has 2 N–H and O–H groups in total. The smallest absolute Gasteiger partial charge is 0.251 e. The second kappa shape index (κ2) is 10.1. The number of rotatable bonds is 7. The van der Waals surface area contributed by atoms with Gasteiger partial charge in [-0.05, 0) is 44.2 Å². The summed E-state index contributed by atoms with van der Waals surface area (Å²) < 4.78 is 27.0. The van der Waals surface area contributed by atoms with Crippen molar-refractivity contribution >= 4 is 28.3 Å². The second-order valence-corrected chi connectivity index (χ2v) is 8.19. The molecule has 1 aliphatic rings. The van der Waals surface area contributed by atoms with Gasteiger partial charge in [-0.15, -0.1) is 12.4 Å². The van der Waals surface area contributed by atoms with Crippen molar-refractivity contribution < 1.29 is 13.2 Å². The van der Waals surface area contributed by atoms with Crippen molar-refractivity contribution in [2.45, 2.75) is 43.0 Å². The van der Waals surface area contributed by atoms with Gasteiger partial charge in [-0.2, -0.15) is 4.31 Å². The van der Waals surface area contributed by atoms with Crippen LogP contribution >= 0.6 is 12.4 Å². The molecule has 1 fully saturated rings. The van der Waals surface area contributed by atoms with Crippen molar-refractivity contribution in [2.24, 2.45) is 0 Å². The number of likely N-dealkylation sites (N-methyl/N-ethyl adjacent to an activating group) is 1. The highest BCUT2D eigenvalue weighted by Gasteiger charge is 2.29. The average molecular weight is 390 g/mol. The van der Waals surface area contributed by atoms with Gasteiger partial charge < -0.3 is 10.6 Å². The molecule has 0 bridgehead atoms. The van der Waals surface area contributed by atoms with Gasteiger partial charge in [-0.3, -0.25) is 4.79 Å². The van der Waals surface area contributed by atoms with Crippen molar-refractivity contribution in [2.75, 3.05) is 27.2 Å². The van der Waals surface area contributed by atoms with E-state index in [9.17, 15) is 13.2 Å². The number of nitrogens with zero attached hydrogens (tertiary/aromatic N) is 1. The summed E-state index contributed by atoms with van der Waals surface area (Å²) in [4.78, 5) is 12.2. The van der Waals surface area contributed by atoms with Crippen LogP contribution in [0.15, 0.2) is 29.2 Å². The molecular weight excluding hydrogens is 362 g/mol. The first-order valence-electron chi connectivity index (χ1n) is 8.47. The highest BCUT2D eigenvalue weighted by Crippen LogP contribution is 2.26. The van der Waals surface area contributed by atoms with E-state index in [1.54, 1.807) is 19.2 Å². The molecule has 1 aromatic rings. The first-order valence-corrected chi connectivity index (χ1v) is 9.91. The van der Waals surface area contributed by atoms with Crippen molar-refractivity contribution in [3.8, 4) is 0 Å². The molecule has 2 rings (SSSR count). The zero-order valence-corrected chi connectivity index (χ0v) is 16.5. The molecule has 0 radical (unpaired) electrons. The topological polar surface area (TPSA) is 78.5 Å². The van der Waals surface area contributed by atoms with Crippen LogP contribution in [0.2, 0.25) is 0 Å². The highest BCUT2D eigenvalue weighted by molar-refractivity contribution is 7.89. The van der Waals surface area contributed by atoms with Gasteiger partial charge >= 0.3 is 0 Å². The Balaban J connectivity index is 0.00000312. The van der Waals surface area contributed by atoms with Crippen molar-refractivity contribution in [1.82, 2.24) is 14.9 Å². The lowest BCUT2D eigenvalue weighted by molar-refractivity contribution is 0.0954. The van der Waals surface area contributed by atoms with Crippen LogP contribution in [-0.2, 0) is 10.0 Å². The number of sulfonamides is 1. The van der Waals surface area contributed by atoms with Crippen LogP contribution in [0.3, 0.4) is 0 Å². The predicted octanol–water partition coefficient (Wildman–Crippen LogP) is 2.01. The quantitative estimate of drug-likeness (QED) is 0.699. The molecule has 1 aromatic carbocycles. The maximum Gasteiger partial charge on any atom is 0.251 e. The average Bonchev–Trinajstić information content (AvgIpc) is 2.62. The molecule has 142 valence electrons. The molecule has 25 heavy (non-hydrogen) atoms. The molecule has 6 nitrogen and oxygen atoms in total. The molecule has 8 heteroatoms. The minimum absolute atomic E-state index is 0. The first kappa shape index (κ1) is 21.9. The van der Waals surface area contributed by atoms with Gasteiger partial charge in [0.1, 0.15) is 0 Å². The lowest BCUT2D eigenvalue weighted by Crippen LogP contribution is -2.38. The van der Waals surface area contributed by atoms with Crippen LogP contribution in [0.4, 0.5) is 0 Å². The Morgan fingerprint density at radius 2 is 1.72 bits per heavy atom. The number of amides is 1. The molecule has 0 heterocycles. The number of hydrogen-bond acceptors (Lipinski definition) is 4. The van der Waals surface area contributed by atoms with E-state index in [0.29, 0.717) is 18.7 Å². The van der Waals surface area contributed by atoms with Crippen LogP contribution < -0.4 is 10.6 Å². The summed E-state index contributed by atoms with van der Waals surface area (Å²) in [7, 11) is -0.0398. The number of halogens is 1. The maximum atomic E-state index is 12.7. The lowest BCUT2D eigenvalue weighted by Gasteiger charge is -2.30. The lowest BCUT2D eigenvalue weighted by atomic mass is 9.96. The Morgan fingerprint density at radius 3 is 2.28 bits per heavy atom. The summed E-state index contributed by atoms with van der Waals surface area (Å²) in [5.74, 6) is -0.199. The molecule has 1 saturated carbocycles. The Labute approximate surface area is 156 Å². The molecule has 0 aliphatic heterocycles. The molecule has 0 atom stereocenters. The second-order valence-electron chi connectivity index (χ2n) is 6.20. The zero-order chi connectivity index (χ0) is 17.6. The fourth-order valence-corrected chi connectivity index (χ4v) is 4.40. The molecular formula is C17H28ClN3O3S. The molecule has 1 amide bonds. The Kier molecular flexibility index (Phi) is 8.85. The number of carbonyl (C=O) groups excluding carboxylic acids is 1. The van der Waals surface area contributed by atoms with Crippen molar-refractivity contribution in [3.05, 3.63) is 29.8 Å². The van der Waals surface area contributed by atoms with Gasteiger partial charge in [0.05, 0.1) is 4.90 Å². The summed E-state index contributed by atoms with van der Waals surface area (Å²) in [5, 5.41) is 5.72. The van der Waals surface area contributed by atoms with Gasteiger partial charge in [-0.25, -0.2) is 8.42 Å². The molecule has 0 saturated heterocycles. The summed E-state index contributed by atoms with van der Waals surface area (Å²) in [6.45, 7) is 1.21. The van der Waals surface area contributed by atoms with E-state index in [0.717, 1.165) is 25.7 Å².